The molecule has 6 unspecified atom stereocenters. The van der Waals surface area contributed by atoms with Gasteiger partial charge in [0.1, 0.15) is 6.17 Å². The second-order valence-corrected chi connectivity index (χ2v) is 3.85. The largest absolute Gasteiger partial charge is 0.362 e. The molecule has 0 saturated carbocycles. The first-order chi connectivity index (χ1) is 8.32. The third kappa shape index (κ3) is 5.41. The summed E-state index contributed by atoms with van der Waals surface area (Å²) in [6.07, 6.45) is -19.2. The summed E-state index contributed by atoms with van der Waals surface area (Å²) in [7, 11) is 0. The number of hydrogen-bond donors (Lipinski definition) is 1. The van der Waals surface area contributed by atoms with Crippen LogP contribution in [0, 0.1) is 0 Å². The Hall–Kier alpha value is -0.530. The summed E-state index contributed by atoms with van der Waals surface area (Å²) < 4.78 is 88.0. The zero-order valence-corrected chi connectivity index (χ0v) is 9.39. The van der Waals surface area contributed by atoms with Crippen LogP contribution in [0.5, 0.6) is 0 Å². The van der Waals surface area contributed by atoms with Gasteiger partial charge >= 0.3 is 0 Å². The molecular weight excluding hydrogens is 269 g/mol. The van der Waals surface area contributed by atoms with E-state index in [1.807, 2.05) is 0 Å². The first-order valence-electron chi connectivity index (χ1n) is 5.41. The molecule has 0 aromatic heterocycles. The van der Waals surface area contributed by atoms with Crippen molar-refractivity contribution in [3.05, 3.63) is 0 Å². The molecule has 0 aliphatic carbocycles. The van der Waals surface area contributed by atoms with Crippen LogP contribution in [-0.2, 0) is 0 Å². The molecule has 8 heteroatoms. The van der Waals surface area contributed by atoms with Gasteiger partial charge in [0, 0.05) is 0 Å². The quantitative estimate of drug-likeness (QED) is 0.509. The van der Waals surface area contributed by atoms with E-state index in [0.29, 0.717) is 0 Å². The highest BCUT2D eigenvalue weighted by atomic mass is 19.2. The first kappa shape index (κ1) is 17.5. The minimum absolute atomic E-state index is 0.0575. The number of halogens is 7. The molecule has 0 aliphatic heterocycles. The van der Waals surface area contributed by atoms with Gasteiger partial charge in [0.2, 0.25) is 6.36 Å². The van der Waals surface area contributed by atoms with Gasteiger partial charge in [-0.1, -0.05) is 0 Å². The lowest BCUT2D eigenvalue weighted by molar-refractivity contribution is -0.0872. The molecule has 0 rings (SSSR count). The number of alkyl halides is 7. The van der Waals surface area contributed by atoms with Crippen LogP contribution in [0.1, 0.15) is 19.3 Å². The zero-order valence-electron chi connectivity index (χ0n) is 9.39. The summed E-state index contributed by atoms with van der Waals surface area (Å²) in [5.74, 6) is 0. The molecule has 0 aliphatic rings. The van der Waals surface area contributed by atoms with E-state index in [2.05, 4.69) is 0 Å². The zero-order chi connectivity index (χ0) is 14.3. The molecule has 6 atom stereocenters. The Kier molecular flexibility index (Phi) is 8.30. The summed E-state index contributed by atoms with van der Waals surface area (Å²) in [5, 5.41) is 8.03. The lowest BCUT2D eigenvalue weighted by Crippen LogP contribution is -2.42. The van der Waals surface area contributed by atoms with Gasteiger partial charge in [-0.15, -0.1) is 0 Å². The van der Waals surface area contributed by atoms with Gasteiger partial charge in [0.05, 0.1) is 6.67 Å². The molecule has 0 bridgehead atoms. The summed E-state index contributed by atoms with van der Waals surface area (Å²) >= 11 is 0. The maximum atomic E-state index is 13.0. The van der Waals surface area contributed by atoms with E-state index in [1.165, 1.54) is 0 Å². The highest BCUT2D eigenvalue weighted by Gasteiger charge is 2.42. The third-order valence-corrected chi connectivity index (χ3v) is 2.38. The number of aliphatic hydroxyl groups is 1. The fourth-order valence-corrected chi connectivity index (χ4v) is 1.30. The molecule has 1 nitrogen and oxygen atoms in total. The second-order valence-electron chi connectivity index (χ2n) is 3.85. The SMILES string of the molecule is OC(F)C(F)C(F)C(F)C(F)C(F)CCCCF. The van der Waals surface area contributed by atoms with Crippen LogP contribution in [0.3, 0.4) is 0 Å². The van der Waals surface area contributed by atoms with Crippen molar-refractivity contribution in [2.75, 3.05) is 6.67 Å². The molecule has 18 heavy (non-hydrogen) atoms. The summed E-state index contributed by atoms with van der Waals surface area (Å²) in [5.41, 5.74) is 0. The average Bonchev–Trinajstić information content (AvgIpc) is 2.35. The molecule has 0 heterocycles. The Morgan fingerprint density at radius 3 is 1.67 bits per heavy atom. The molecule has 0 amide bonds. The molecule has 0 saturated heterocycles. The van der Waals surface area contributed by atoms with E-state index in [4.69, 9.17) is 5.11 Å². The molecule has 0 aromatic carbocycles. The van der Waals surface area contributed by atoms with E-state index in [0.717, 1.165) is 0 Å². The smallest absolute Gasteiger partial charge is 0.231 e. The van der Waals surface area contributed by atoms with Crippen LogP contribution in [0.15, 0.2) is 0 Å². The van der Waals surface area contributed by atoms with Crippen molar-refractivity contribution in [1.29, 1.82) is 0 Å². The predicted octanol–water partition coefficient (Wildman–Crippen LogP) is 3.10. The number of aliphatic hydroxyl groups excluding tert-OH is 1. The summed E-state index contributed by atoms with van der Waals surface area (Å²) in [4.78, 5) is 0. The van der Waals surface area contributed by atoms with E-state index in [1.54, 1.807) is 0 Å². The average molecular weight is 284 g/mol. The first-order valence-corrected chi connectivity index (χ1v) is 5.41. The maximum Gasteiger partial charge on any atom is 0.231 e. The van der Waals surface area contributed by atoms with Crippen molar-refractivity contribution in [2.45, 2.75) is 56.5 Å². The highest BCUT2D eigenvalue weighted by molar-refractivity contribution is 4.87. The molecule has 0 radical (unpaired) electrons. The van der Waals surface area contributed by atoms with E-state index >= 15 is 0 Å². The monoisotopic (exact) mass is 284 g/mol. The van der Waals surface area contributed by atoms with Crippen molar-refractivity contribution in [1.82, 2.24) is 0 Å². The molecular formula is C10H15F7O. The number of rotatable bonds is 9. The van der Waals surface area contributed by atoms with Gasteiger partial charge in [-0.3, -0.25) is 4.39 Å². The van der Waals surface area contributed by atoms with Gasteiger partial charge in [-0.25, -0.2) is 26.3 Å². The Morgan fingerprint density at radius 2 is 1.22 bits per heavy atom. The van der Waals surface area contributed by atoms with Crippen molar-refractivity contribution in [3.8, 4) is 0 Å². The van der Waals surface area contributed by atoms with E-state index in [9.17, 15) is 30.7 Å². The highest BCUT2D eigenvalue weighted by Crippen LogP contribution is 2.25. The van der Waals surface area contributed by atoms with Gasteiger partial charge in [0.25, 0.3) is 0 Å². The van der Waals surface area contributed by atoms with Gasteiger partial charge in [-0.2, -0.15) is 0 Å². The second kappa shape index (κ2) is 8.55. The van der Waals surface area contributed by atoms with E-state index < -0.39 is 50.3 Å². The van der Waals surface area contributed by atoms with Crippen LogP contribution in [0.4, 0.5) is 30.7 Å². The summed E-state index contributed by atoms with van der Waals surface area (Å²) in [6, 6.07) is 0. The molecule has 0 spiro atoms. The fraction of sp³-hybridized carbons (Fsp3) is 1.00. The fourth-order valence-electron chi connectivity index (χ4n) is 1.30. The molecule has 0 fully saturated rings. The van der Waals surface area contributed by atoms with Crippen LogP contribution < -0.4 is 0 Å². The third-order valence-electron chi connectivity index (χ3n) is 2.38. The number of hydrogen-bond acceptors (Lipinski definition) is 1. The summed E-state index contributed by atoms with van der Waals surface area (Å²) in [6.45, 7) is -0.755. The Morgan fingerprint density at radius 1 is 0.722 bits per heavy atom. The Balaban J connectivity index is 4.26. The topological polar surface area (TPSA) is 20.2 Å². The predicted molar refractivity (Wildman–Crippen MR) is 51.4 cm³/mol. The molecule has 1 N–H and O–H groups in total. The van der Waals surface area contributed by atoms with Gasteiger partial charge in [-0.05, 0) is 19.3 Å². The van der Waals surface area contributed by atoms with Gasteiger partial charge < -0.3 is 5.11 Å². The van der Waals surface area contributed by atoms with Crippen molar-refractivity contribution in [3.63, 3.8) is 0 Å². The Labute approximate surface area is 100.0 Å². The normalized spacial score (nSPS) is 22.0. The van der Waals surface area contributed by atoms with Crippen LogP contribution in [0.25, 0.3) is 0 Å². The van der Waals surface area contributed by atoms with Gasteiger partial charge in [0.15, 0.2) is 24.7 Å². The minimum Gasteiger partial charge on any atom is -0.362 e. The van der Waals surface area contributed by atoms with Crippen LogP contribution >= 0.6 is 0 Å². The van der Waals surface area contributed by atoms with Crippen LogP contribution in [0.2, 0.25) is 0 Å². The Bertz CT molecular complexity index is 216. The van der Waals surface area contributed by atoms with Crippen molar-refractivity contribution >= 4 is 0 Å². The number of unbranched alkanes of at least 4 members (excludes halogenated alkanes) is 1. The standard InChI is InChI=1S/C10H15F7O/c11-4-2-1-3-5(12)6(13)7(14)8(15)9(16)10(17)18/h5-10,18H,1-4H2. The lowest BCUT2D eigenvalue weighted by atomic mass is 10.0. The molecule has 110 valence electrons. The minimum atomic E-state index is -3.31. The van der Waals surface area contributed by atoms with Crippen LogP contribution in [-0.4, -0.2) is 49.0 Å². The maximum absolute atomic E-state index is 13.0. The lowest BCUT2D eigenvalue weighted by Gasteiger charge is -2.22. The van der Waals surface area contributed by atoms with Crippen molar-refractivity contribution in [2.24, 2.45) is 0 Å². The van der Waals surface area contributed by atoms with Crippen molar-refractivity contribution < 1.29 is 35.8 Å². The van der Waals surface area contributed by atoms with E-state index in [-0.39, 0.29) is 12.8 Å². The molecule has 0 aromatic rings.